The van der Waals surface area contributed by atoms with Crippen LogP contribution in [0.15, 0.2) is 47.5 Å². The first-order valence-corrected chi connectivity index (χ1v) is 12.2. The molecule has 2 unspecified atom stereocenters. The van der Waals surface area contributed by atoms with Crippen LogP contribution in [0.2, 0.25) is 0 Å². The summed E-state index contributed by atoms with van der Waals surface area (Å²) in [5.74, 6) is 0.215. The Balaban J connectivity index is 1.50. The largest absolute Gasteiger partial charge is 0.488 e. The summed E-state index contributed by atoms with van der Waals surface area (Å²) >= 11 is 0. The molecule has 1 aliphatic heterocycles. The number of nitrogens with zero attached hydrogens (tertiary/aromatic N) is 3. The van der Waals surface area contributed by atoms with Crippen molar-refractivity contribution in [3.8, 4) is 5.75 Å². The minimum Gasteiger partial charge on any atom is -0.488 e. The maximum Gasteiger partial charge on any atom is 0.259 e. The Hall–Kier alpha value is -3.19. The van der Waals surface area contributed by atoms with Gasteiger partial charge in [-0.15, -0.1) is 0 Å². The Kier molecular flexibility index (Phi) is 6.13. The van der Waals surface area contributed by atoms with Crippen LogP contribution in [0.25, 0.3) is 11.0 Å². The Bertz CT molecular complexity index is 1260. The number of rotatable bonds is 5. The second kappa shape index (κ2) is 9.22. The first kappa shape index (κ1) is 22.6. The van der Waals surface area contributed by atoms with Crippen LogP contribution in [0, 0.1) is 0 Å². The number of aliphatic hydroxyl groups is 1. The summed E-state index contributed by atoms with van der Waals surface area (Å²) in [4.78, 5) is 33.3. The van der Waals surface area contributed by atoms with Crippen LogP contribution < -0.4 is 10.2 Å². The van der Waals surface area contributed by atoms with Crippen molar-refractivity contribution in [2.75, 3.05) is 6.61 Å². The van der Waals surface area contributed by atoms with E-state index < -0.39 is 0 Å². The number of aryl methyl sites for hydroxylation is 1. The fourth-order valence-corrected chi connectivity index (χ4v) is 5.48. The lowest BCUT2D eigenvalue weighted by Crippen LogP contribution is -2.51. The fraction of sp³-hybridized carbons (Fsp3) is 0.444. The van der Waals surface area contributed by atoms with Crippen LogP contribution in [0.5, 0.6) is 5.75 Å². The molecule has 0 saturated carbocycles. The molecule has 178 valence electrons. The number of carbonyl (C=O) groups is 1. The summed E-state index contributed by atoms with van der Waals surface area (Å²) in [6, 6.07) is 9.75. The van der Waals surface area contributed by atoms with E-state index in [1.165, 1.54) is 11.1 Å². The first-order chi connectivity index (χ1) is 16.5. The number of piperidine rings is 1. The Morgan fingerprint density at radius 3 is 2.62 bits per heavy atom. The maximum absolute atomic E-state index is 13.6. The molecule has 2 aliphatic rings. The van der Waals surface area contributed by atoms with Crippen molar-refractivity contribution >= 4 is 16.9 Å². The molecule has 1 fully saturated rings. The molecule has 7 heteroatoms. The van der Waals surface area contributed by atoms with Gasteiger partial charge in [-0.25, -0.2) is 4.98 Å². The topological polar surface area (TPSA) is 84.7 Å². The molecular formula is C27H31N3O4. The second-order valence-electron chi connectivity index (χ2n) is 9.45. The smallest absolute Gasteiger partial charge is 0.259 e. The van der Waals surface area contributed by atoms with E-state index in [2.05, 4.69) is 17.1 Å². The lowest BCUT2D eigenvalue weighted by molar-refractivity contribution is 0.0342. The molecular weight excluding hydrogens is 430 g/mol. The van der Waals surface area contributed by atoms with Gasteiger partial charge in [0, 0.05) is 31.6 Å². The van der Waals surface area contributed by atoms with Crippen LogP contribution in [-0.4, -0.2) is 50.3 Å². The summed E-state index contributed by atoms with van der Waals surface area (Å²) in [7, 11) is 0. The van der Waals surface area contributed by atoms with Gasteiger partial charge in [-0.05, 0) is 50.3 Å². The number of ether oxygens (including phenoxy) is 1. The number of hydrogen-bond acceptors (Lipinski definition) is 5. The second-order valence-corrected chi connectivity index (χ2v) is 9.45. The Morgan fingerprint density at radius 2 is 1.94 bits per heavy atom. The van der Waals surface area contributed by atoms with E-state index >= 15 is 0 Å². The first-order valence-electron chi connectivity index (χ1n) is 12.2. The number of benzene rings is 1. The van der Waals surface area contributed by atoms with Gasteiger partial charge < -0.3 is 19.3 Å². The molecule has 2 atom stereocenters. The summed E-state index contributed by atoms with van der Waals surface area (Å²) in [5.41, 5.74) is 2.89. The molecule has 0 bridgehead atoms. The van der Waals surface area contributed by atoms with Crippen LogP contribution in [0.1, 0.15) is 54.6 Å². The van der Waals surface area contributed by atoms with E-state index in [1.54, 1.807) is 23.4 Å². The standard InChI is InChI=1S/C27H31N3O4/c1-3-29-15-24(27(33)30-17(2)7-6-10-20(30)16-31)25(32)23-13-22(14-28-26(23)29)34-21-11-18-8-4-5-9-19(18)12-21/h4-5,8-9,13-15,17,20-21,31H,3,6-7,10-12,16H2,1-2H3. The lowest BCUT2D eigenvalue weighted by atomic mass is 9.95. The third-order valence-corrected chi connectivity index (χ3v) is 7.25. The number of likely N-dealkylation sites (tertiary alicyclic amines) is 1. The fourth-order valence-electron chi connectivity index (χ4n) is 5.48. The average Bonchev–Trinajstić information content (AvgIpc) is 3.26. The predicted molar refractivity (Wildman–Crippen MR) is 130 cm³/mol. The van der Waals surface area contributed by atoms with E-state index in [-0.39, 0.29) is 41.7 Å². The van der Waals surface area contributed by atoms with Crippen LogP contribution in [0.3, 0.4) is 0 Å². The van der Waals surface area contributed by atoms with E-state index in [0.29, 0.717) is 23.3 Å². The van der Waals surface area contributed by atoms with Gasteiger partial charge in [0.25, 0.3) is 5.91 Å². The van der Waals surface area contributed by atoms with Crippen molar-refractivity contribution < 1.29 is 14.6 Å². The van der Waals surface area contributed by atoms with Gasteiger partial charge in [0.15, 0.2) is 0 Å². The quantitative estimate of drug-likeness (QED) is 0.630. The molecule has 3 aromatic rings. The summed E-state index contributed by atoms with van der Waals surface area (Å²) in [5, 5.41) is 10.2. The molecule has 2 aromatic heterocycles. The maximum atomic E-state index is 13.6. The van der Waals surface area contributed by atoms with Crippen LogP contribution >= 0.6 is 0 Å². The molecule has 1 amide bonds. The van der Waals surface area contributed by atoms with Crippen LogP contribution in [0.4, 0.5) is 0 Å². The predicted octanol–water partition coefficient (Wildman–Crippen LogP) is 3.34. The van der Waals surface area contributed by atoms with E-state index in [1.807, 2.05) is 30.5 Å². The van der Waals surface area contributed by atoms with Gasteiger partial charge in [-0.1, -0.05) is 24.3 Å². The third-order valence-electron chi connectivity index (χ3n) is 7.25. The number of aromatic nitrogens is 2. The number of aliphatic hydroxyl groups excluding tert-OH is 1. The van der Waals surface area contributed by atoms with Crippen LogP contribution in [-0.2, 0) is 19.4 Å². The average molecular weight is 462 g/mol. The van der Waals surface area contributed by atoms with Gasteiger partial charge in [-0.2, -0.15) is 0 Å². The minimum atomic E-state index is -0.341. The lowest BCUT2D eigenvalue weighted by Gasteiger charge is -2.40. The Labute approximate surface area is 199 Å². The number of hydrogen-bond donors (Lipinski definition) is 1. The number of fused-ring (bicyclic) bond motifs is 2. The van der Waals surface area contributed by atoms with E-state index in [4.69, 9.17) is 4.74 Å². The molecule has 1 N–H and O–H groups in total. The monoisotopic (exact) mass is 461 g/mol. The number of carbonyl (C=O) groups excluding carboxylic acids is 1. The molecule has 0 radical (unpaired) electrons. The highest BCUT2D eigenvalue weighted by Gasteiger charge is 2.33. The number of pyridine rings is 2. The Morgan fingerprint density at radius 1 is 1.21 bits per heavy atom. The third kappa shape index (κ3) is 3.98. The van der Waals surface area contributed by atoms with Gasteiger partial charge in [-0.3, -0.25) is 9.59 Å². The van der Waals surface area contributed by atoms with E-state index in [9.17, 15) is 14.7 Å². The SMILES string of the molecule is CCn1cc(C(=O)N2C(C)CCCC2CO)c(=O)c2cc(OC3Cc4ccccc4C3)cnc21. The summed E-state index contributed by atoms with van der Waals surface area (Å²) < 4.78 is 8.06. The van der Waals surface area contributed by atoms with Gasteiger partial charge in [0.2, 0.25) is 5.43 Å². The van der Waals surface area contributed by atoms with Gasteiger partial charge in [0.05, 0.1) is 24.2 Å². The highest BCUT2D eigenvalue weighted by molar-refractivity contribution is 5.97. The minimum absolute atomic E-state index is 0.00521. The summed E-state index contributed by atoms with van der Waals surface area (Å²) in [6.45, 7) is 4.41. The highest BCUT2D eigenvalue weighted by Crippen LogP contribution is 2.28. The van der Waals surface area contributed by atoms with Crippen molar-refractivity contribution in [3.05, 3.63) is 69.6 Å². The molecule has 0 spiro atoms. The molecule has 1 aliphatic carbocycles. The normalized spacial score (nSPS) is 20.5. The highest BCUT2D eigenvalue weighted by atomic mass is 16.5. The molecule has 3 heterocycles. The zero-order valence-electron chi connectivity index (χ0n) is 19.7. The van der Waals surface area contributed by atoms with Gasteiger partial charge >= 0.3 is 0 Å². The number of amides is 1. The van der Waals surface area contributed by atoms with E-state index in [0.717, 1.165) is 32.1 Å². The van der Waals surface area contributed by atoms with Crippen molar-refractivity contribution in [1.82, 2.24) is 14.5 Å². The van der Waals surface area contributed by atoms with Crippen molar-refractivity contribution in [2.45, 2.75) is 70.7 Å². The molecule has 34 heavy (non-hydrogen) atoms. The molecule has 7 nitrogen and oxygen atoms in total. The summed E-state index contributed by atoms with van der Waals surface area (Å²) in [6.07, 6.45) is 7.48. The van der Waals surface area contributed by atoms with Crippen molar-refractivity contribution in [2.24, 2.45) is 0 Å². The molecule has 5 rings (SSSR count). The zero-order chi connectivity index (χ0) is 23.8. The molecule has 1 saturated heterocycles. The van der Waals surface area contributed by atoms with Crippen molar-refractivity contribution in [3.63, 3.8) is 0 Å². The van der Waals surface area contributed by atoms with Gasteiger partial charge in [0.1, 0.15) is 23.1 Å². The molecule has 1 aromatic carbocycles. The zero-order valence-corrected chi connectivity index (χ0v) is 19.7. The van der Waals surface area contributed by atoms with Crippen molar-refractivity contribution in [1.29, 1.82) is 0 Å².